The molecule has 1 aliphatic carbocycles. The number of hydrogen-bond donors (Lipinski definition) is 1. The highest BCUT2D eigenvalue weighted by Crippen LogP contribution is 2.41. The van der Waals surface area contributed by atoms with Crippen molar-refractivity contribution in [1.29, 1.82) is 0 Å². The summed E-state index contributed by atoms with van der Waals surface area (Å²) in [4.78, 5) is 2.40. The Morgan fingerprint density at radius 3 is 2.56 bits per heavy atom. The van der Waals surface area contributed by atoms with Crippen LogP contribution in [0.5, 0.6) is 0 Å². The molecule has 1 aliphatic rings. The molecule has 1 saturated carbocycles. The molecule has 1 aromatic carbocycles. The van der Waals surface area contributed by atoms with Crippen molar-refractivity contribution in [3.63, 3.8) is 0 Å². The molecule has 0 bridgehead atoms. The fourth-order valence-electron chi connectivity index (χ4n) is 2.61. The van der Waals surface area contributed by atoms with E-state index in [-0.39, 0.29) is 5.41 Å². The summed E-state index contributed by atoms with van der Waals surface area (Å²) in [6.45, 7) is 7.28. The molecule has 0 aliphatic heterocycles. The van der Waals surface area contributed by atoms with Crippen LogP contribution in [-0.4, -0.2) is 25.0 Å². The molecule has 0 heterocycles. The van der Waals surface area contributed by atoms with E-state index in [1.807, 2.05) is 0 Å². The topological polar surface area (TPSA) is 29.3 Å². The third-order valence-electron chi connectivity index (χ3n) is 3.76. The molecule has 2 nitrogen and oxygen atoms in total. The third-order valence-corrected chi connectivity index (χ3v) is 3.76. The minimum absolute atomic E-state index is 0.198. The molecule has 0 radical (unpaired) electrons. The van der Waals surface area contributed by atoms with Crippen molar-refractivity contribution < 1.29 is 0 Å². The zero-order valence-corrected chi connectivity index (χ0v) is 11.9. The number of nitrogens with two attached hydrogens (primary N) is 1. The molecule has 0 amide bonds. The summed E-state index contributed by atoms with van der Waals surface area (Å²) in [7, 11) is 2.20. The summed E-state index contributed by atoms with van der Waals surface area (Å²) in [5.74, 6) is 0.831. The smallest absolute Gasteiger partial charge is 0.0233 e. The van der Waals surface area contributed by atoms with Crippen molar-refractivity contribution in [1.82, 2.24) is 4.90 Å². The van der Waals surface area contributed by atoms with Crippen LogP contribution in [0.2, 0.25) is 0 Å². The first kappa shape index (κ1) is 13.6. The van der Waals surface area contributed by atoms with Gasteiger partial charge in [0.05, 0.1) is 0 Å². The Labute approximate surface area is 111 Å². The summed E-state index contributed by atoms with van der Waals surface area (Å²) in [5, 5.41) is 0. The Balaban J connectivity index is 2.00. The highest BCUT2D eigenvalue weighted by atomic mass is 15.1. The van der Waals surface area contributed by atoms with Gasteiger partial charge >= 0.3 is 0 Å². The van der Waals surface area contributed by atoms with Crippen LogP contribution >= 0.6 is 0 Å². The lowest BCUT2D eigenvalue weighted by Crippen LogP contribution is -2.36. The lowest BCUT2D eigenvalue weighted by atomic mass is 9.93. The number of nitrogens with zero attached hydrogens (tertiary/aromatic N) is 1. The zero-order chi connectivity index (χ0) is 13.2. The van der Waals surface area contributed by atoms with Crippen LogP contribution in [0.3, 0.4) is 0 Å². The largest absolute Gasteiger partial charge is 0.330 e. The average molecular weight is 246 g/mol. The zero-order valence-electron chi connectivity index (χ0n) is 11.9. The summed E-state index contributed by atoms with van der Waals surface area (Å²) < 4.78 is 0. The van der Waals surface area contributed by atoms with Crippen LogP contribution in [0, 0.1) is 5.41 Å². The average Bonchev–Trinajstić information content (AvgIpc) is 3.13. The van der Waals surface area contributed by atoms with Gasteiger partial charge in [0.15, 0.2) is 0 Å². The van der Waals surface area contributed by atoms with Crippen LogP contribution in [0.15, 0.2) is 24.3 Å². The molecule has 0 saturated heterocycles. The van der Waals surface area contributed by atoms with Gasteiger partial charge in [-0.25, -0.2) is 0 Å². The molecule has 1 fully saturated rings. The van der Waals surface area contributed by atoms with Gasteiger partial charge in [-0.1, -0.05) is 38.1 Å². The van der Waals surface area contributed by atoms with E-state index in [2.05, 4.69) is 50.1 Å². The normalized spacial score (nSPS) is 16.3. The van der Waals surface area contributed by atoms with Gasteiger partial charge in [0.2, 0.25) is 0 Å². The second-order valence-electron chi connectivity index (χ2n) is 6.51. The van der Waals surface area contributed by atoms with Gasteiger partial charge in [-0.2, -0.15) is 0 Å². The summed E-state index contributed by atoms with van der Waals surface area (Å²) in [5.41, 5.74) is 9.07. The Morgan fingerprint density at radius 1 is 1.28 bits per heavy atom. The number of benzene rings is 1. The Kier molecular flexibility index (Phi) is 4.08. The molecule has 2 rings (SSSR count). The highest BCUT2D eigenvalue weighted by molar-refractivity contribution is 5.33. The molecule has 1 aromatic rings. The van der Waals surface area contributed by atoms with Crippen molar-refractivity contribution in [2.24, 2.45) is 11.1 Å². The van der Waals surface area contributed by atoms with Gasteiger partial charge < -0.3 is 10.6 Å². The van der Waals surface area contributed by atoms with Crippen molar-refractivity contribution in [2.45, 2.75) is 39.2 Å². The minimum Gasteiger partial charge on any atom is -0.330 e. The molecule has 18 heavy (non-hydrogen) atoms. The molecule has 0 spiro atoms. The molecular weight excluding hydrogens is 220 g/mol. The van der Waals surface area contributed by atoms with Gasteiger partial charge in [0.25, 0.3) is 0 Å². The quantitative estimate of drug-likeness (QED) is 0.836. The minimum atomic E-state index is 0.198. The van der Waals surface area contributed by atoms with E-state index in [0.717, 1.165) is 25.6 Å². The van der Waals surface area contributed by atoms with E-state index in [4.69, 9.17) is 5.73 Å². The molecule has 0 aromatic heterocycles. The number of rotatable bonds is 6. The van der Waals surface area contributed by atoms with Crippen LogP contribution in [-0.2, 0) is 6.54 Å². The Hall–Kier alpha value is -0.860. The SMILES string of the molecule is CN(Cc1ccccc1C1CC1)CC(C)(C)CN. The van der Waals surface area contributed by atoms with E-state index in [0.29, 0.717) is 0 Å². The molecule has 0 atom stereocenters. The van der Waals surface area contributed by atoms with Crippen molar-refractivity contribution in [2.75, 3.05) is 20.1 Å². The Bertz CT molecular complexity index is 394. The predicted molar refractivity (Wildman–Crippen MR) is 77.6 cm³/mol. The monoisotopic (exact) mass is 246 g/mol. The van der Waals surface area contributed by atoms with Gasteiger partial charge in [-0.05, 0) is 48.9 Å². The van der Waals surface area contributed by atoms with Crippen LogP contribution in [0.1, 0.15) is 43.7 Å². The highest BCUT2D eigenvalue weighted by Gasteiger charge is 2.26. The summed E-state index contributed by atoms with van der Waals surface area (Å²) in [6, 6.07) is 8.90. The van der Waals surface area contributed by atoms with E-state index in [1.165, 1.54) is 18.4 Å². The number of hydrogen-bond acceptors (Lipinski definition) is 2. The molecule has 0 unspecified atom stereocenters. The maximum atomic E-state index is 5.81. The van der Waals surface area contributed by atoms with Gasteiger partial charge in [-0.15, -0.1) is 0 Å². The fourth-order valence-corrected chi connectivity index (χ4v) is 2.61. The van der Waals surface area contributed by atoms with Crippen LogP contribution in [0.4, 0.5) is 0 Å². The lowest BCUT2D eigenvalue weighted by molar-refractivity contribution is 0.209. The van der Waals surface area contributed by atoms with Crippen LogP contribution < -0.4 is 5.73 Å². The van der Waals surface area contributed by atoms with E-state index in [1.54, 1.807) is 5.56 Å². The van der Waals surface area contributed by atoms with E-state index in [9.17, 15) is 0 Å². The maximum Gasteiger partial charge on any atom is 0.0233 e. The molecule has 2 N–H and O–H groups in total. The Morgan fingerprint density at radius 2 is 1.94 bits per heavy atom. The predicted octanol–water partition coefficient (Wildman–Crippen LogP) is 2.98. The molecule has 2 heteroatoms. The van der Waals surface area contributed by atoms with Gasteiger partial charge in [-0.3, -0.25) is 0 Å². The first-order valence-electron chi connectivity index (χ1n) is 6.98. The van der Waals surface area contributed by atoms with Crippen LogP contribution in [0.25, 0.3) is 0 Å². The molecule has 100 valence electrons. The fraction of sp³-hybridized carbons (Fsp3) is 0.625. The standard InChI is InChI=1S/C16H26N2/c1-16(2,11-17)12-18(3)10-14-6-4-5-7-15(14)13-8-9-13/h4-7,13H,8-12,17H2,1-3H3. The van der Waals surface area contributed by atoms with Gasteiger partial charge in [0, 0.05) is 13.1 Å². The second-order valence-corrected chi connectivity index (χ2v) is 6.51. The van der Waals surface area contributed by atoms with E-state index >= 15 is 0 Å². The van der Waals surface area contributed by atoms with E-state index < -0.39 is 0 Å². The lowest BCUT2D eigenvalue weighted by Gasteiger charge is -2.29. The van der Waals surface area contributed by atoms with Crippen molar-refractivity contribution in [3.8, 4) is 0 Å². The van der Waals surface area contributed by atoms with Gasteiger partial charge in [0.1, 0.15) is 0 Å². The maximum absolute atomic E-state index is 5.81. The first-order chi connectivity index (χ1) is 8.52. The summed E-state index contributed by atoms with van der Waals surface area (Å²) >= 11 is 0. The van der Waals surface area contributed by atoms with Crippen molar-refractivity contribution >= 4 is 0 Å². The van der Waals surface area contributed by atoms with Crippen molar-refractivity contribution in [3.05, 3.63) is 35.4 Å². The second kappa shape index (κ2) is 5.41. The first-order valence-corrected chi connectivity index (χ1v) is 6.98. The molecular formula is C16H26N2. The summed E-state index contributed by atoms with van der Waals surface area (Å²) in [6.07, 6.45) is 2.74. The third kappa shape index (κ3) is 3.56.